The second-order valence-electron chi connectivity index (χ2n) is 5.23. The Morgan fingerprint density at radius 1 is 1.10 bits per heavy atom. The number of benzene rings is 1. The third-order valence-electron chi connectivity index (χ3n) is 3.76. The van der Waals surface area contributed by atoms with E-state index in [9.17, 15) is 0 Å². The maximum Gasteiger partial charge on any atom is 0.229 e. The molecule has 5 heteroatoms. The highest BCUT2D eigenvalue weighted by Gasteiger charge is 2.22. The van der Waals surface area contributed by atoms with E-state index >= 15 is 0 Å². The lowest BCUT2D eigenvalue weighted by Crippen LogP contribution is -2.37. The summed E-state index contributed by atoms with van der Waals surface area (Å²) < 4.78 is 0. The molecular weight excluding hydrogens is 262 g/mol. The minimum Gasteiger partial charge on any atom is -0.371 e. The molecule has 0 aliphatic carbocycles. The molecule has 0 radical (unpaired) electrons. The first-order valence-corrected chi connectivity index (χ1v) is 7.39. The summed E-state index contributed by atoms with van der Waals surface area (Å²) >= 11 is 0. The van der Waals surface area contributed by atoms with Gasteiger partial charge in [-0.3, -0.25) is 0 Å². The van der Waals surface area contributed by atoms with E-state index in [1.54, 1.807) is 0 Å². The summed E-state index contributed by atoms with van der Waals surface area (Å²) in [5.74, 6) is 0.774. The third kappa shape index (κ3) is 2.83. The monoisotopic (exact) mass is 283 g/mol. The molecule has 0 bridgehead atoms. The number of fused-ring (bicyclic) bond motifs is 1. The van der Waals surface area contributed by atoms with Gasteiger partial charge >= 0.3 is 0 Å². The van der Waals surface area contributed by atoms with E-state index in [1.807, 2.05) is 12.4 Å². The molecule has 1 aromatic heterocycles. The maximum absolute atomic E-state index is 4.54. The molecule has 110 valence electrons. The average Bonchev–Trinajstić information content (AvgIpc) is 2.54. The van der Waals surface area contributed by atoms with Gasteiger partial charge in [-0.2, -0.15) is 0 Å². The van der Waals surface area contributed by atoms with Crippen LogP contribution in [0.4, 0.5) is 17.3 Å². The van der Waals surface area contributed by atoms with Crippen LogP contribution >= 0.6 is 0 Å². The fourth-order valence-corrected chi connectivity index (χ4v) is 2.56. The molecule has 21 heavy (non-hydrogen) atoms. The third-order valence-corrected chi connectivity index (χ3v) is 3.76. The van der Waals surface area contributed by atoms with Crippen molar-refractivity contribution in [3.8, 4) is 0 Å². The lowest BCUT2D eigenvalue weighted by atomic mass is 10.2. The summed E-state index contributed by atoms with van der Waals surface area (Å²) in [5, 5.41) is 3.28. The van der Waals surface area contributed by atoms with Crippen molar-refractivity contribution in [3.05, 3.63) is 42.2 Å². The van der Waals surface area contributed by atoms with E-state index in [0.717, 1.165) is 37.7 Å². The highest BCUT2D eigenvalue weighted by atomic mass is 15.3. The van der Waals surface area contributed by atoms with Crippen molar-refractivity contribution in [1.29, 1.82) is 0 Å². The molecule has 1 aliphatic rings. The molecule has 1 N–H and O–H groups in total. The van der Waals surface area contributed by atoms with E-state index in [-0.39, 0.29) is 0 Å². The number of hydrogen-bond acceptors (Lipinski definition) is 5. The standard InChI is InChI=1S/C16H21N5/c1-3-17-10-13-11-18-16(19-12-13)21-9-8-20(2)14-6-4-5-7-15(14)21/h4-7,11-12,17H,3,8-10H2,1-2H3. The van der Waals surface area contributed by atoms with E-state index < -0.39 is 0 Å². The molecule has 0 spiro atoms. The average molecular weight is 283 g/mol. The zero-order chi connectivity index (χ0) is 14.7. The fourth-order valence-electron chi connectivity index (χ4n) is 2.56. The Morgan fingerprint density at radius 2 is 1.81 bits per heavy atom. The fraction of sp³-hybridized carbons (Fsp3) is 0.375. The lowest BCUT2D eigenvalue weighted by molar-refractivity contribution is 0.719. The van der Waals surface area contributed by atoms with Gasteiger partial charge in [0.25, 0.3) is 0 Å². The van der Waals surface area contributed by atoms with E-state index in [4.69, 9.17) is 0 Å². The van der Waals surface area contributed by atoms with Gasteiger partial charge in [-0.25, -0.2) is 9.97 Å². The molecular formula is C16H21N5. The Kier molecular flexibility index (Phi) is 4.01. The molecule has 1 aliphatic heterocycles. The van der Waals surface area contributed by atoms with Crippen LogP contribution in [0.3, 0.4) is 0 Å². The second kappa shape index (κ2) is 6.10. The van der Waals surface area contributed by atoms with Gasteiger partial charge < -0.3 is 15.1 Å². The molecule has 2 aromatic rings. The van der Waals surface area contributed by atoms with E-state index in [2.05, 4.69) is 63.3 Å². The Bertz CT molecular complexity index is 596. The van der Waals surface area contributed by atoms with Gasteiger partial charge in [0.2, 0.25) is 5.95 Å². The van der Waals surface area contributed by atoms with Crippen LogP contribution in [-0.4, -0.2) is 36.6 Å². The normalized spacial score (nSPS) is 14.2. The van der Waals surface area contributed by atoms with Crippen molar-refractivity contribution in [3.63, 3.8) is 0 Å². The molecule has 0 saturated heterocycles. The highest BCUT2D eigenvalue weighted by molar-refractivity contribution is 5.77. The molecule has 0 amide bonds. The summed E-state index contributed by atoms with van der Waals surface area (Å²) in [6, 6.07) is 8.39. The summed E-state index contributed by atoms with van der Waals surface area (Å²) in [7, 11) is 2.12. The predicted molar refractivity (Wildman–Crippen MR) is 86.1 cm³/mol. The van der Waals surface area contributed by atoms with Crippen LogP contribution in [0.15, 0.2) is 36.7 Å². The Balaban J connectivity index is 1.86. The van der Waals surface area contributed by atoms with Gasteiger partial charge in [0.15, 0.2) is 0 Å². The molecule has 2 heterocycles. The van der Waals surface area contributed by atoms with Crippen molar-refractivity contribution >= 4 is 17.3 Å². The molecule has 0 unspecified atom stereocenters. The van der Waals surface area contributed by atoms with Crippen molar-refractivity contribution < 1.29 is 0 Å². The van der Waals surface area contributed by atoms with Crippen molar-refractivity contribution in [2.45, 2.75) is 13.5 Å². The van der Waals surface area contributed by atoms with Gasteiger partial charge in [-0.15, -0.1) is 0 Å². The van der Waals surface area contributed by atoms with Crippen molar-refractivity contribution in [1.82, 2.24) is 15.3 Å². The van der Waals surface area contributed by atoms with E-state index in [0.29, 0.717) is 0 Å². The van der Waals surface area contributed by atoms with Gasteiger partial charge in [-0.1, -0.05) is 19.1 Å². The molecule has 3 rings (SSSR count). The number of para-hydroxylation sites is 2. The van der Waals surface area contributed by atoms with Crippen LogP contribution < -0.4 is 15.1 Å². The lowest BCUT2D eigenvalue weighted by Gasteiger charge is -2.35. The number of rotatable bonds is 4. The molecule has 0 fully saturated rings. The zero-order valence-corrected chi connectivity index (χ0v) is 12.6. The first-order valence-electron chi connectivity index (χ1n) is 7.39. The Labute approximate surface area is 125 Å². The Hall–Kier alpha value is -2.14. The molecule has 0 saturated carbocycles. The summed E-state index contributed by atoms with van der Waals surface area (Å²) in [6.45, 7) is 5.74. The minimum absolute atomic E-state index is 0.774. The van der Waals surface area contributed by atoms with Gasteiger partial charge in [0, 0.05) is 44.6 Å². The largest absolute Gasteiger partial charge is 0.371 e. The zero-order valence-electron chi connectivity index (χ0n) is 12.6. The minimum atomic E-state index is 0.774. The molecule has 0 atom stereocenters. The predicted octanol–water partition coefficient (Wildman–Crippen LogP) is 2.17. The first-order chi connectivity index (χ1) is 10.3. The van der Waals surface area contributed by atoms with Gasteiger partial charge in [0.05, 0.1) is 11.4 Å². The highest BCUT2D eigenvalue weighted by Crippen LogP contribution is 2.34. The molecule has 1 aromatic carbocycles. The first kappa shape index (κ1) is 13.8. The summed E-state index contributed by atoms with van der Waals surface area (Å²) in [5.41, 5.74) is 3.51. The maximum atomic E-state index is 4.54. The van der Waals surface area contributed by atoms with Crippen LogP contribution in [0, 0.1) is 0 Å². The smallest absolute Gasteiger partial charge is 0.229 e. The quantitative estimate of drug-likeness (QED) is 0.931. The van der Waals surface area contributed by atoms with Crippen LogP contribution in [0.25, 0.3) is 0 Å². The second-order valence-corrected chi connectivity index (χ2v) is 5.23. The van der Waals surface area contributed by atoms with Gasteiger partial charge in [0.1, 0.15) is 0 Å². The van der Waals surface area contributed by atoms with Crippen molar-refractivity contribution in [2.75, 3.05) is 36.5 Å². The topological polar surface area (TPSA) is 44.3 Å². The van der Waals surface area contributed by atoms with Crippen LogP contribution in [-0.2, 0) is 6.54 Å². The SMILES string of the molecule is CCNCc1cnc(N2CCN(C)c3ccccc32)nc1. The van der Waals surface area contributed by atoms with Crippen LogP contribution in [0.5, 0.6) is 0 Å². The Morgan fingerprint density at radius 3 is 2.52 bits per heavy atom. The van der Waals surface area contributed by atoms with E-state index in [1.165, 1.54) is 11.4 Å². The van der Waals surface area contributed by atoms with Gasteiger partial charge in [-0.05, 0) is 18.7 Å². The number of hydrogen-bond donors (Lipinski definition) is 1. The van der Waals surface area contributed by atoms with Crippen LogP contribution in [0.1, 0.15) is 12.5 Å². The number of nitrogens with one attached hydrogen (secondary N) is 1. The number of likely N-dealkylation sites (N-methyl/N-ethyl adjacent to an activating group) is 1. The number of nitrogens with zero attached hydrogens (tertiary/aromatic N) is 4. The molecule has 5 nitrogen and oxygen atoms in total. The summed E-state index contributed by atoms with van der Waals surface area (Å²) in [6.07, 6.45) is 3.82. The number of anilines is 3. The van der Waals surface area contributed by atoms with Crippen LogP contribution in [0.2, 0.25) is 0 Å². The van der Waals surface area contributed by atoms with Crippen molar-refractivity contribution in [2.24, 2.45) is 0 Å². The number of aromatic nitrogens is 2. The summed E-state index contributed by atoms with van der Waals surface area (Å²) in [4.78, 5) is 13.5.